The van der Waals surface area contributed by atoms with Gasteiger partial charge in [-0.15, -0.1) is 0 Å². The van der Waals surface area contributed by atoms with Gasteiger partial charge in [-0.05, 0) is 25.1 Å². The Kier molecular flexibility index (Phi) is 2.92. The number of aryl methyl sites for hydroxylation is 1. The van der Waals surface area contributed by atoms with E-state index in [1.54, 1.807) is 32.2 Å². The van der Waals surface area contributed by atoms with Gasteiger partial charge in [0.05, 0.1) is 5.56 Å². The predicted octanol–water partition coefficient (Wildman–Crippen LogP) is 2.56. The number of hydrogen-bond donors (Lipinski definition) is 0. The van der Waals surface area contributed by atoms with Gasteiger partial charge in [0.15, 0.2) is 5.76 Å². The van der Waals surface area contributed by atoms with Gasteiger partial charge in [0.2, 0.25) is 5.78 Å². The van der Waals surface area contributed by atoms with Crippen LogP contribution in [0.25, 0.3) is 0 Å². The van der Waals surface area contributed by atoms with Crippen LogP contribution in [0.15, 0.2) is 33.3 Å². The topological polar surface area (TPSA) is 52.6 Å². The first-order chi connectivity index (χ1) is 7.70. The van der Waals surface area contributed by atoms with Crippen molar-refractivity contribution in [3.63, 3.8) is 0 Å². The molecular weight excluding hydrogens is 208 g/mol. The van der Waals surface area contributed by atoms with Crippen molar-refractivity contribution in [2.45, 2.75) is 13.5 Å². The summed E-state index contributed by atoms with van der Waals surface area (Å²) in [5.74, 6) is 1.45. The van der Waals surface area contributed by atoms with Crippen molar-refractivity contribution in [2.24, 2.45) is 0 Å². The molecule has 0 atom stereocenters. The first-order valence-corrected chi connectivity index (χ1v) is 4.88. The van der Waals surface area contributed by atoms with Gasteiger partial charge in [0, 0.05) is 7.11 Å². The molecule has 4 nitrogen and oxygen atoms in total. The number of hydrogen-bond acceptors (Lipinski definition) is 4. The molecule has 2 aromatic rings. The largest absolute Gasteiger partial charge is 0.469 e. The third-order valence-corrected chi connectivity index (χ3v) is 2.16. The summed E-state index contributed by atoms with van der Waals surface area (Å²) in [5.41, 5.74) is 0.496. The van der Waals surface area contributed by atoms with E-state index in [1.807, 2.05) is 0 Å². The molecule has 0 N–H and O–H groups in total. The highest BCUT2D eigenvalue weighted by molar-refractivity contribution is 6.06. The number of carbonyl (C=O) groups excluding carboxylic acids is 1. The Labute approximate surface area is 92.8 Å². The molecule has 2 aromatic heterocycles. The standard InChI is InChI=1S/C12H12O4/c1-8-5-9(6-15-8)12(13)11-4-3-10(16-11)7-14-2/h3-6H,7H2,1-2H3. The SMILES string of the molecule is COCc1ccc(C(=O)c2coc(C)c2)o1. The Balaban J connectivity index is 2.20. The van der Waals surface area contributed by atoms with Crippen molar-refractivity contribution in [1.82, 2.24) is 0 Å². The van der Waals surface area contributed by atoms with Gasteiger partial charge in [-0.1, -0.05) is 0 Å². The molecule has 0 aliphatic rings. The molecule has 16 heavy (non-hydrogen) atoms. The van der Waals surface area contributed by atoms with Crippen LogP contribution in [0, 0.1) is 6.92 Å². The van der Waals surface area contributed by atoms with E-state index in [1.165, 1.54) is 6.26 Å². The van der Waals surface area contributed by atoms with Crippen LogP contribution >= 0.6 is 0 Å². The average molecular weight is 220 g/mol. The number of ketones is 1. The summed E-state index contributed by atoms with van der Waals surface area (Å²) < 4.78 is 15.3. The maximum atomic E-state index is 11.9. The van der Waals surface area contributed by atoms with Crippen molar-refractivity contribution in [1.29, 1.82) is 0 Å². The van der Waals surface area contributed by atoms with Gasteiger partial charge in [0.1, 0.15) is 24.4 Å². The normalized spacial score (nSPS) is 10.6. The van der Waals surface area contributed by atoms with Crippen LogP contribution < -0.4 is 0 Å². The van der Waals surface area contributed by atoms with Crippen molar-refractivity contribution in [3.05, 3.63) is 47.3 Å². The predicted molar refractivity (Wildman–Crippen MR) is 56.3 cm³/mol. The van der Waals surface area contributed by atoms with Crippen LogP contribution in [0.2, 0.25) is 0 Å². The Morgan fingerprint density at radius 2 is 2.25 bits per heavy atom. The van der Waals surface area contributed by atoms with Gasteiger partial charge in [-0.3, -0.25) is 4.79 Å². The minimum absolute atomic E-state index is 0.181. The Morgan fingerprint density at radius 1 is 1.44 bits per heavy atom. The number of furan rings is 2. The van der Waals surface area contributed by atoms with Crippen LogP contribution in [-0.4, -0.2) is 12.9 Å². The van der Waals surface area contributed by atoms with Gasteiger partial charge in [0.25, 0.3) is 0 Å². The lowest BCUT2D eigenvalue weighted by atomic mass is 10.2. The summed E-state index contributed by atoms with van der Waals surface area (Å²) in [5, 5.41) is 0. The smallest absolute Gasteiger partial charge is 0.231 e. The first kappa shape index (κ1) is 10.7. The summed E-state index contributed by atoms with van der Waals surface area (Å²) >= 11 is 0. The molecule has 0 unspecified atom stereocenters. The lowest BCUT2D eigenvalue weighted by Gasteiger charge is -1.93. The number of rotatable bonds is 4. The van der Waals surface area contributed by atoms with Gasteiger partial charge >= 0.3 is 0 Å². The lowest BCUT2D eigenvalue weighted by molar-refractivity contribution is 0.0999. The van der Waals surface area contributed by atoms with Crippen molar-refractivity contribution < 1.29 is 18.4 Å². The summed E-state index contributed by atoms with van der Waals surface area (Å²) in [6.45, 7) is 2.15. The highest BCUT2D eigenvalue weighted by atomic mass is 16.5. The Hall–Kier alpha value is -1.81. The second kappa shape index (κ2) is 4.37. The molecule has 0 amide bonds. The summed E-state index contributed by atoms with van der Waals surface area (Å²) in [6.07, 6.45) is 1.43. The molecule has 4 heteroatoms. The van der Waals surface area contributed by atoms with E-state index < -0.39 is 0 Å². The fraction of sp³-hybridized carbons (Fsp3) is 0.250. The highest BCUT2D eigenvalue weighted by Gasteiger charge is 2.15. The summed E-state index contributed by atoms with van der Waals surface area (Å²) in [6, 6.07) is 5.05. The highest BCUT2D eigenvalue weighted by Crippen LogP contribution is 2.16. The molecule has 2 rings (SSSR count). The molecule has 0 fully saturated rings. The van der Waals surface area contributed by atoms with E-state index in [2.05, 4.69) is 0 Å². The van der Waals surface area contributed by atoms with Crippen molar-refractivity contribution in [2.75, 3.05) is 7.11 Å². The van der Waals surface area contributed by atoms with Gasteiger partial charge < -0.3 is 13.6 Å². The summed E-state index contributed by atoms with van der Waals surface area (Å²) in [4.78, 5) is 11.9. The van der Waals surface area contributed by atoms with E-state index >= 15 is 0 Å². The molecule has 0 aliphatic heterocycles. The minimum Gasteiger partial charge on any atom is -0.469 e. The molecule has 0 aromatic carbocycles. The second-order valence-electron chi connectivity index (χ2n) is 3.47. The number of carbonyl (C=O) groups is 1. The zero-order valence-electron chi connectivity index (χ0n) is 9.15. The second-order valence-corrected chi connectivity index (χ2v) is 3.47. The number of ether oxygens (including phenoxy) is 1. The first-order valence-electron chi connectivity index (χ1n) is 4.88. The van der Waals surface area contributed by atoms with Crippen LogP contribution in [0.4, 0.5) is 0 Å². The molecule has 0 spiro atoms. The van der Waals surface area contributed by atoms with Crippen molar-refractivity contribution in [3.8, 4) is 0 Å². The van der Waals surface area contributed by atoms with Gasteiger partial charge in [-0.2, -0.15) is 0 Å². The number of methoxy groups -OCH3 is 1. The van der Waals surface area contributed by atoms with E-state index in [0.717, 1.165) is 0 Å². The van der Waals surface area contributed by atoms with Gasteiger partial charge in [-0.25, -0.2) is 0 Å². The van der Waals surface area contributed by atoms with E-state index in [9.17, 15) is 4.79 Å². The van der Waals surface area contributed by atoms with Crippen LogP contribution in [-0.2, 0) is 11.3 Å². The minimum atomic E-state index is -0.181. The Morgan fingerprint density at radius 3 is 2.88 bits per heavy atom. The molecule has 0 radical (unpaired) electrons. The third-order valence-electron chi connectivity index (χ3n) is 2.16. The van der Waals surface area contributed by atoms with Crippen LogP contribution in [0.1, 0.15) is 27.6 Å². The fourth-order valence-electron chi connectivity index (χ4n) is 1.42. The quantitative estimate of drug-likeness (QED) is 0.743. The third kappa shape index (κ3) is 2.06. The Bertz CT molecular complexity index is 493. The van der Waals surface area contributed by atoms with E-state index in [0.29, 0.717) is 29.5 Å². The molecule has 0 bridgehead atoms. The van der Waals surface area contributed by atoms with Crippen LogP contribution in [0.3, 0.4) is 0 Å². The van der Waals surface area contributed by atoms with Crippen molar-refractivity contribution >= 4 is 5.78 Å². The molecule has 84 valence electrons. The van der Waals surface area contributed by atoms with Crippen LogP contribution in [0.5, 0.6) is 0 Å². The maximum absolute atomic E-state index is 11.9. The lowest BCUT2D eigenvalue weighted by Crippen LogP contribution is -1.97. The zero-order chi connectivity index (χ0) is 11.5. The average Bonchev–Trinajstić information content (AvgIpc) is 2.87. The van der Waals surface area contributed by atoms with E-state index in [-0.39, 0.29) is 5.78 Å². The molecule has 0 saturated carbocycles. The fourth-order valence-corrected chi connectivity index (χ4v) is 1.42. The maximum Gasteiger partial charge on any atom is 0.231 e. The monoisotopic (exact) mass is 220 g/mol. The zero-order valence-corrected chi connectivity index (χ0v) is 9.15. The van der Waals surface area contributed by atoms with E-state index in [4.69, 9.17) is 13.6 Å². The summed E-state index contributed by atoms with van der Waals surface area (Å²) in [7, 11) is 1.57. The molecule has 0 aliphatic carbocycles. The molecule has 0 saturated heterocycles. The molecular formula is C12H12O4. The molecule has 2 heterocycles.